The Kier molecular flexibility index (Phi) is 16.5. The molecule has 5 fully saturated rings. The minimum absolute atomic E-state index is 0.178. The van der Waals surface area contributed by atoms with E-state index in [1.807, 2.05) is 133 Å². The average Bonchev–Trinajstić information content (AvgIpc) is 3.41. The molecule has 0 spiro atoms. The van der Waals surface area contributed by atoms with Gasteiger partial charge in [-0.2, -0.15) is 0 Å². The molecule has 4 bridgehead atoms. The number of unbranched alkanes of at least 4 members (excludes halogenated alkanes) is 1. The molecule has 11 heteroatoms. The lowest BCUT2D eigenvalue weighted by molar-refractivity contribution is -0.549. The van der Waals surface area contributed by atoms with Gasteiger partial charge in [-0.25, -0.2) is 0 Å². The lowest BCUT2D eigenvalue weighted by Crippen LogP contribution is -2.80. The molecule has 5 aliphatic rings. The molecule has 4 heterocycles. The second-order valence-electron chi connectivity index (χ2n) is 18.5. The van der Waals surface area contributed by atoms with Crippen LogP contribution in [0.4, 0.5) is 0 Å². The smallest absolute Gasteiger partial charge is 0.284 e. The fourth-order valence-corrected chi connectivity index (χ4v) is 9.88. The van der Waals surface area contributed by atoms with Gasteiger partial charge in [0.2, 0.25) is 0 Å². The Morgan fingerprint density at radius 3 is 1.13 bits per heavy atom. The van der Waals surface area contributed by atoms with Gasteiger partial charge in [-0.15, -0.1) is 0 Å². The molecular formula is C59H64O11. The zero-order chi connectivity index (χ0) is 47.4. The monoisotopic (exact) mass is 948 g/mol. The van der Waals surface area contributed by atoms with Crippen LogP contribution in [-0.2, 0) is 91.7 Å². The maximum atomic E-state index is 7.47. The molecule has 9 atom stereocenters. The van der Waals surface area contributed by atoms with Crippen LogP contribution in [0.3, 0.4) is 0 Å². The Morgan fingerprint density at radius 2 is 0.729 bits per heavy atom. The molecule has 4 aliphatic heterocycles. The van der Waals surface area contributed by atoms with Crippen molar-refractivity contribution in [2.24, 2.45) is 0 Å². The highest BCUT2D eigenvalue weighted by Crippen LogP contribution is 2.51. The summed E-state index contributed by atoms with van der Waals surface area (Å²) in [5, 5.41) is 0. The summed E-state index contributed by atoms with van der Waals surface area (Å²) in [6, 6.07) is 60.7. The molecular weight excluding hydrogens is 885 g/mol. The number of benzene rings is 6. The van der Waals surface area contributed by atoms with Crippen molar-refractivity contribution < 1.29 is 52.1 Å². The fourth-order valence-electron chi connectivity index (χ4n) is 9.88. The maximum Gasteiger partial charge on any atom is 0.284 e. The van der Waals surface area contributed by atoms with E-state index in [1.54, 1.807) is 0 Å². The molecule has 366 valence electrons. The van der Waals surface area contributed by atoms with Gasteiger partial charge < -0.3 is 52.1 Å². The first-order chi connectivity index (χ1) is 34.6. The normalized spacial score (nSPS) is 29.0. The molecule has 11 nitrogen and oxygen atoms in total. The Hall–Kier alpha value is -5.12. The minimum atomic E-state index is -1.29. The zero-order valence-corrected chi connectivity index (χ0v) is 39.7. The van der Waals surface area contributed by atoms with Crippen molar-refractivity contribution in [3.8, 4) is 0 Å². The summed E-state index contributed by atoms with van der Waals surface area (Å²) < 4.78 is 77.0. The zero-order valence-electron chi connectivity index (χ0n) is 39.7. The van der Waals surface area contributed by atoms with E-state index in [9.17, 15) is 0 Å². The van der Waals surface area contributed by atoms with Crippen molar-refractivity contribution in [1.82, 2.24) is 0 Å². The SMILES string of the molecule is CCCCC12OC3[C@H](OCc4ccccc4)[C@H](O1)C(O[C@H]1O[C@H](COCc4ccccc4)[C@@H](OCc4ccccc4)[C@H](OCc4ccccc4)[C@@H]1OCc1ccccc1)[C@@H](O2)[C@H]3OCc1ccccc1. The molecule has 11 rings (SSSR count). The Bertz CT molecular complexity index is 2370. The van der Waals surface area contributed by atoms with Crippen LogP contribution in [0.15, 0.2) is 182 Å². The van der Waals surface area contributed by atoms with Crippen molar-refractivity contribution in [3.63, 3.8) is 0 Å². The molecule has 0 aromatic heterocycles. The summed E-state index contributed by atoms with van der Waals surface area (Å²) in [5.41, 5.74) is 6.09. The molecule has 6 aromatic rings. The largest absolute Gasteiger partial charge is 0.374 e. The van der Waals surface area contributed by atoms with E-state index in [0.29, 0.717) is 32.8 Å². The molecule has 1 saturated carbocycles. The van der Waals surface area contributed by atoms with Gasteiger partial charge in [-0.1, -0.05) is 195 Å². The van der Waals surface area contributed by atoms with Crippen LogP contribution in [0.5, 0.6) is 0 Å². The van der Waals surface area contributed by atoms with E-state index in [1.165, 1.54) is 0 Å². The van der Waals surface area contributed by atoms with Gasteiger partial charge in [0, 0.05) is 6.42 Å². The van der Waals surface area contributed by atoms with E-state index in [0.717, 1.165) is 46.2 Å². The van der Waals surface area contributed by atoms with E-state index < -0.39 is 73.3 Å². The van der Waals surface area contributed by atoms with Gasteiger partial charge in [0.15, 0.2) is 6.29 Å². The summed E-state index contributed by atoms with van der Waals surface area (Å²) in [4.78, 5) is 0. The van der Waals surface area contributed by atoms with Crippen LogP contribution in [0.2, 0.25) is 0 Å². The second-order valence-corrected chi connectivity index (χ2v) is 18.5. The summed E-state index contributed by atoms with van der Waals surface area (Å²) in [6.45, 7) is 4.21. The number of ether oxygens (including phenoxy) is 11. The summed E-state index contributed by atoms with van der Waals surface area (Å²) in [5.74, 6) is -1.29. The van der Waals surface area contributed by atoms with Crippen LogP contribution >= 0.6 is 0 Å². The lowest BCUT2D eigenvalue weighted by Gasteiger charge is -2.63. The molecule has 0 amide bonds. The second kappa shape index (κ2) is 23.9. The molecule has 0 unspecified atom stereocenters. The lowest BCUT2D eigenvalue weighted by atomic mass is 9.80. The molecule has 6 aromatic carbocycles. The minimum Gasteiger partial charge on any atom is -0.374 e. The van der Waals surface area contributed by atoms with E-state index in [4.69, 9.17) is 52.1 Å². The highest BCUT2D eigenvalue weighted by Gasteiger charge is 2.69. The number of rotatable bonds is 24. The highest BCUT2D eigenvalue weighted by atomic mass is 16.9. The first-order valence-corrected chi connectivity index (χ1v) is 24.8. The van der Waals surface area contributed by atoms with Crippen LogP contribution in [0, 0.1) is 0 Å². The topological polar surface area (TPSA) is 102 Å². The quantitative estimate of drug-likeness (QED) is 0.0580. The summed E-state index contributed by atoms with van der Waals surface area (Å²) in [7, 11) is 0. The first-order valence-electron chi connectivity index (χ1n) is 24.8. The van der Waals surface area contributed by atoms with Crippen LogP contribution in [0.25, 0.3) is 0 Å². The third-order valence-electron chi connectivity index (χ3n) is 13.4. The van der Waals surface area contributed by atoms with Gasteiger partial charge in [0.05, 0.1) is 46.2 Å². The van der Waals surface area contributed by atoms with E-state index >= 15 is 0 Å². The Balaban J connectivity index is 1.02. The third kappa shape index (κ3) is 12.0. The summed E-state index contributed by atoms with van der Waals surface area (Å²) in [6.07, 6.45) is -5.28. The van der Waals surface area contributed by atoms with E-state index in [2.05, 4.69) is 55.5 Å². The van der Waals surface area contributed by atoms with Gasteiger partial charge in [0.1, 0.15) is 61.0 Å². The van der Waals surface area contributed by atoms with E-state index in [-0.39, 0.29) is 19.8 Å². The van der Waals surface area contributed by atoms with Crippen molar-refractivity contribution >= 4 is 0 Å². The van der Waals surface area contributed by atoms with Crippen molar-refractivity contribution in [2.45, 2.75) is 139 Å². The van der Waals surface area contributed by atoms with Gasteiger partial charge >= 0.3 is 0 Å². The average molecular weight is 949 g/mol. The molecule has 70 heavy (non-hydrogen) atoms. The van der Waals surface area contributed by atoms with Crippen LogP contribution in [0.1, 0.15) is 59.6 Å². The van der Waals surface area contributed by atoms with Crippen molar-refractivity contribution in [3.05, 3.63) is 215 Å². The molecule has 0 N–H and O–H groups in total. The highest BCUT2D eigenvalue weighted by molar-refractivity contribution is 5.19. The fraction of sp³-hybridized carbons (Fsp3) is 0.390. The van der Waals surface area contributed by atoms with Crippen molar-refractivity contribution in [2.75, 3.05) is 6.61 Å². The molecule has 1 aliphatic carbocycles. The standard InChI is InChI=1S/C59H64O11/c1-2-3-34-59-68-54-51(63-38-45-28-16-7-17-29-45)55(69-59)53(56(70-59)52(54)64-39-46-30-18-8-19-31-46)67-58-57(65-40-47-32-20-9-21-33-47)50(62-37-44-26-14-6-15-27-44)49(61-36-43-24-12-5-13-25-43)48(66-58)41-60-35-42-22-10-4-11-23-42/h4-33,48-58H,2-3,34-41H2,1H3/t48-,49-,50+,51+,52+,53?,54?,55+,56+,57+,58-,59?/m1/s1. The molecule has 0 radical (unpaired) electrons. The van der Waals surface area contributed by atoms with Gasteiger partial charge in [0.25, 0.3) is 5.97 Å². The Morgan fingerprint density at radius 1 is 0.386 bits per heavy atom. The summed E-state index contributed by atoms with van der Waals surface area (Å²) >= 11 is 0. The van der Waals surface area contributed by atoms with Crippen LogP contribution < -0.4 is 0 Å². The van der Waals surface area contributed by atoms with Gasteiger partial charge in [-0.3, -0.25) is 0 Å². The Labute approximate surface area is 411 Å². The first kappa shape index (κ1) is 48.5. The number of hydrogen-bond donors (Lipinski definition) is 0. The van der Waals surface area contributed by atoms with Crippen molar-refractivity contribution in [1.29, 1.82) is 0 Å². The maximum absolute atomic E-state index is 7.47. The number of hydrogen-bond acceptors (Lipinski definition) is 11. The van der Waals surface area contributed by atoms with Gasteiger partial charge in [-0.05, 0) is 39.8 Å². The predicted molar refractivity (Wildman–Crippen MR) is 262 cm³/mol. The van der Waals surface area contributed by atoms with Crippen LogP contribution in [-0.4, -0.2) is 79.9 Å². The predicted octanol–water partition coefficient (Wildman–Crippen LogP) is 10.3. The molecule has 4 saturated heterocycles. The third-order valence-corrected chi connectivity index (χ3v) is 13.4.